The number of aromatic nitrogens is 2. The minimum Gasteiger partial charge on any atom is -0.338 e. The molecule has 0 aliphatic rings. The molecule has 0 unspecified atom stereocenters. The van der Waals surface area contributed by atoms with E-state index in [0.717, 1.165) is 33.7 Å². The maximum atomic E-state index is 10.9. The Bertz CT molecular complexity index is 1140. The van der Waals surface area contributed by atoms with E-state index in [1.807, 2.05) is 49.4 Å². The van der Waals surface area contributed by atoms with Gasteiger partial charge in [0, 0.05) is 23.9 Å². The number of para-hydroxylation sites is 2. The zero-order valence-electron chi connectivity index (χ0n) is 14.6. The summed E-state index contributed by atoms with van der Waals surface area (Å²) in [5.41, 5.74) is 5.35. The molecule has 4 rings (SSSR count). The molecule has 1 N–H and O–H groups in total. The number of non-ortho nitro benzene ring substituents is 1. The number of nitro benzene ring substituents is 1. The molecule has 0 aliphatic carbocycles. The Hall–Kier alpha value is -3.80. The fourth-order valence-corrected chi connectivity index (χ4v) is 2.85. The number of nitrogens with one attached hydrogen (secondary N) is 1. The van der Waals surface area contributed by atoms with Crippen molar-refractivity contribution >= 4 is 28.6 Å². The monoisotopic (exact) mass is 356 g/mol. The molecule has 0 saturated carbocycles. The molecule has 0 atom stereocenters. The number of hydrogen-bond acceptors (Lipinski definition) is 4. The molecular formula is C21H16N4O2. The van der Waals surface area contributed by atoms with Gasteiger partial charge in [0.1, 0.15) is 5.82 Å². The third kappa shape index (κ3) is 3.46. The molecule has 0 saturated heterocycles. The molecule has 0 fully saturated rings. The van der Waals surface area contributed by atoms with E-state index in [9.17, 15) is 10.1 Å². The quantitative estimate of drug-likeness (QED) is 0.310. The lowest BCUT2D eigenvalue weighted by Crippen LogP contribution is -1.89. The SMILES string of the molecule is Cc1ccc(-c2nc3ccccc3[nH]2)cc1N=Cc1cccc([N+](=O)[O-])c1. The number of nitro groups is 1. The summed E-state index contributed by atoms with van der Waals surface area (Å²) in [6.45, 7) is 1.97. The highest BCUT2D eigenvalue weighted by Gasteiger charge is 2.08. The van der Waals surface area contributed by atoms with Crippen LogP contribution in [0.3, 0.4) is 0 Å². The first-order chi connectivity index (χ1) is 13.1. The van der Waals surface area contributed by atoms with Gasteiger partial charge in [-0.3, -0.25) is 15.1 Å². The van der Waals surface area contributed by atoms with Crippen LogP contribution in [0.25, 0.3) is 22.4 Å². The van der Waals surface area contributed by atoms with Crippen molar-refractivity contribution in [3.8, 4) is 11.4 Å². The van der Waals surface area contributed by atoms with E-state index in [4.69, 9.17) is 0 Å². The third-order valence-electron chi connectivity index (χ3n) is 4.31. The fraction of sp³-hybridized carbons (Fsp3) is 0.0476. The highest BCUT2D eigenvalue weighted by atomic mass is 16.6. The van der Waals surface area contributed by atoms with E-state index in [0.29, 0.717) is 5.56 Å². The van der Waals surface area contributed by atoms with Crippen LogP contribution in [0.15, 0.2) is 71.7 Å². The van der Waals surface area contributed by atoms with Crippen LogP contribution in [-0.4, -0.2) is 21.1 Å². The van der Waals surface area contributed by atoms with Gasteiger partial charge < -0.3 is 4.98 Å². The van der Waals surface area contributed by atoms with Gasteiger partial charge in [-0.2, -0.15) is 0 Å². The second kappa shape index (κ2) is 6.84. The van der Waals surface area contributed by atoms with Gasteiger partial charge in [0.25, 0.3) is 5.69 Å². The zero-order chi connectivity index (χ0) is 18.8. The van der Waals surface area contributed by atoms with Gasteiger partial charge in [-0.1, -0.05) is 36.4 Å². The van der Waals surface area contributed by atoms with Crippen molar-refractivity contribution in [3.63, 3.8) is 0 Å². The lowest BCUT2D eigenvalue weighted by Gasteiger charge is -2.03. The maximum Gasteiger partial charge on any atom is 0.270 e. The molecule has 0 spiro atoms. The largest absolute Gasteiger partial charge is 0.338 e. The number of aromatic amines is 1. The summed E-state index contributed by atoms with van der Waals surface area (Å²) in [5, 5.41) is 10.9. The van der Waals surface area contributed by atoms with Crippen molar-refractivity contribution in [1.82, 2.24) is 9.97 Å². The predicted octanol–water partition coefficient (Wildman–Crippen LogP) is 5.20. The summed E-state index contributed by atoms with van der Waals surface area (Å²) in [4.78, 5) is 23.0. The lowest BCUT2D eigenvalue weighted by atomic mass is 10.1. The van der Waals surface area contributed by atoms with Gasteiger partial charge in [0.05, 0.1) is 21.6 Å². The van der Waals surface area contributed by atoms with Crippen molar-refractivity contribution in [1.29, 1.82) is 0 Å². The average molecular weight is 356 g/mol. The van der Waals surface area contributed by atoms with Crippen LogP contribution in [0.5, 0.6) is 0 Å². The molecular weight excluding hydrogens is 340 g/mol. The van der Waals surface area contributed by atoms with Crippen LogP contribution in [0.4, 0.5) is 11.4 Å². The first-order valence-electron chi connectivity index (χ1n) is 8.44. The summed E-state index contributed by atoms with van der Waals surface area (Å²) in [5.74, 6) is 0.781. The molecule has 132 valence electrons. The highest BCUT2D eigenvalue weighted by Crippen LogP contribution is 2.27. The van der Waals surface area contributed by atoms with E-state index < -0.39 is 4.92 Å². The van der Waals surface area contributed by atoms with E-state index in [1.165, 1.54) is 12.1 Å². The minimum absolute atomic E-state index is 0.0479. The summed E-state index contributed by atoms with van der Waals surface area (Å²) in [6, 6.07) is 20.2. The van der Waals surface area contributed by atoms with E-state index in [2.05, 4.69) is 15.0 Å². The zero-order valence-corrected chi connectivity index (χ0v) is 14.6. The summed E-state index contributed by atoms with van der Waals surface area (Å²) < 4.78 is 0. The van der Waals surface area contributed by atoms with Gasteiger partial charge >= 0.3 is 0 Å². The Kier molecular flexibility index (Phi) is 4.22. The van der Waals surface area contributed by atoms with E-state index in [1.54, 1.807) is 18.3 Å². The molecule has 1 aromatic heterocycles. The molecule has 0 radical (unpaired) electrons. The Balaban J connectivity index is 1.68. The van der Waals surface area contributed by atoms with Crippen LogP contribution in [0, 0.1) is 17.0 Å². The van der Waals surface area contributed by atoms with Crippen LogP contribution in [-0.2, 0) is 0 Å². The number of imidazole rings is 1. The molecule has 0 amide bonds. The van der Waals surface area contributed by atoms with Gasteiger partial charge in [0.15, 0.2) is 0 Å². The van der Waals surface area contributed by atoms with Gasteiger partial charge in [-0.25, -0.2) is 4.98 Å². The number of fused-ring (bicyclic) bond motifs is 1. The van der Waals surface area contributed by atoms with E-state index >= 15 is 0 Å². The highest BCUT2D eigenvalue weighted by molar-refractivity contribution is 5.84. The molecule has 0 aliphatic heterocycles. The predicted molar refractivity (Wildman–Crippen MR) is 107 cm³/mol. The minimum atomic E-state index is -0.412. The topological polar surface area (TPSA) is 84.2 Å². The Morgan fingerprint density at radius 3 is 2.74 bits per heavy atom. The van der Waals surface area contributed by atoms with Crippen LogP contribution in [0.2, 0.25) is 0 Å². The van der Waals surface area contributed by atoms with Crippen molar-refractivity contribution in [3.05, 3.63) is 88.0 Å². The van der Waals surface area contributed by atoms with Crippen molar-refractivity contribution in [2.45, 2.75) is 6.92 Å². The van der Waals surface area contributed by atoms with Gasteiger partial charge in [0.2, 0.25) is 0 Å². The molecule has 3 aromatic carbocycles. The number of nitrogens with zero attached hydrogens (tertiary/aromatic N) is 3. The summed E-state index contributed by atoms with van der Waals surface area (Å²) in [6.07, 6.45) is 1.64. The van der Waals surface area contributed by atoms with Gasteiger partial charge in [-0.15, -0.1) is 0 Å². The fourth-order valence-electron chi connectivity index (χ4n) is 2.85. The second-order valence-electron chi connectivity index (χ2n) is 6.21. The third-order valence-corrected chi connectivity index (χ3v) is 4.31. The summed E-state index contributed by atoms with van der Waals surface area (Å²) >= 11 is 0. The molecule has 1 heterocycles. The number of benzene rings is 3. The van der Waals surface area contributed by atoms with Crippen LogP contribution >= 0.6 is 0 Å². The number of hydrogen-bond donors (Lipinski definition) is 1. The number of aryl methyl sites for hydroxylation is 1. The Labute approximate surface area is 155 Å². The normalized spacial score (nSPS) is 11.3. The lowest BCUT2D eigenvalue weighted by molar-refractivity contribution is -0.384. The van der Waals surface area contributed by atoms with Crippen molar-refractivity contribution < 1.29 is 4.92 Å². The van der Waals surface area contributed by atoms with Crippen molar-refractivity contribution in [2.75, 3.05) is 0 Å². The van der Waals surface area contributed by atoms with Crippen LogP contribution in [0.1, 0.15) is 11.1 Å². The molecule has 6 nitrogen and oxygen atoms in total. The Morgan fingerprint density at radius 1 is 1.07 bits per heavy atom. The molecule has 0 bridgehead atoms. The van der Waals surface area contributed by atoms with E-state index in [-0.39, 0.29) is 5.69 Å². The summed E-state index contributed by atoms with van der Waals surface area (Å²) in [7, 11) is 0. The molecule has 4 aromatic rings. The van der Waals surface area contributed by atoms with Crippen LogP contribution < -0.4 is 0 Å². The molecule has 27 heavy (non-hydrogen) atoms. The number of rotatable bonds is 4. The number of H-pyrrole nitrogens is 1. The first-order valence-corrected chi connectivity index (χ1v) is 8.44. The number of aliphatic imine (C=N–C) groups is 1. The Morgan fingerprint density at radius 2 is 1.93 bits per heavy atom. The smallest absolute Gasteiger partial charge is 0.270 e. The standard InChI is InChI=1S/C21H16N4O2/c1-14-9-10-16(21-23-18-7-2-3-8-19(18)24-21)12-20(14)22-13-15-5-4-6-17(11-15)25(26)27/h2-13H,1H3,(H,23,24). The average Bonchev–Trinajstić information content (AvgIpc) is 3.12. The molecule has 6 heteroatoms. The van der Waals surface area contributed by atoms with Gasteiger partial charge in [-0.05, 0) is 36.2 Å². The maximum absolute atomic E-state index is 10.9. The first kappa shape index (κ1) is 16.7. The second-order valence-corrected chi connectivity index (χ2v) is 6.21. The van der Waals surface area contributed by atoms with Crippen molar-refractivity contribution in [2.24, 2.45) is 4.99 Å².